The van der Waals surface area contributed by atoms with E-state index in [-0.39, 0.29) is 5.91 Å². The van der Waals surface area contributed by atoms with E-state index >= 15 is 0 Å². The van der Waals surface area contributed by atoms with Crippen molar-refractivity contribution in [1.29, 1.82) is 0 Å². The fourth-order valence-corrected chi connectivity index (χ4v) is 3.34. The van der Waals surface area contributed by atoms with Crippen LogP contribution in [0.25, 0.3) is 0 Å². The van der Waals surface area contributed by atoms with Crippen LogP contribution in [-0.2, 0) is 23.9 Å². The molecule has 1 unspecified atom stereocenters. The number of nitrogens with zero attached hydrogens (tertiary/aromatic N) is 1. The van der Waals surface area contributed by atoms with E-state index < -0.39 is 42.3 Å². The predicted molar refractivity (Wildman–Crippen MR) is 74.7 cm³/mol. The van der Waals surface area contributed by atoms with Crippen LogP contribution in [0.5, 0.6) is 0 Å². The van der Waals surface area contributed by atoms with Gasteiger partial charge in [0, 0.05) is 33.9 Å². The lowest BCUT2D eigenvalue weighted by Crippen LogP contribution is -2.66. The molecule has 0 saturated carbocycles. The number of carbonyl (C=O) groups is 3. The quantitative estimate of drug-likeness (QED) is 0.631. The highest BCUT2D eigenvalue weighted by Crippen LogP contribution is 2.32. The average molecular weight is 314 g/mol. The van der Waals surface area contributed by atoms with E-state index in [9.17, 15) is 19.5 Å². The smallest absolute Gasteiger partial charge is 0.303 e. The van der Waals surface area contributed by atoms with Crippen LogP contribution in [0.2, 0.25) is 0 Å². The zero-order chi connectivity index (χ0) is 16.4. The molecule has 0 aromatic carbocycles. The van der Waals surface area contributed by atoms with Crippen LogP contribution in [0.1, 0.15) is 27.2 Å². The van der Waals surface area contributed by atoms with Crippen LogP contribution < -0.4 is 5.32 Å². The topological polar surface area (TPSA) is 105 Å². The minimum atomic E-state index is -1.05. The van der Waals surface area contributed by atoms with Gasteiger partial charge in [-0.25, -0.2) is 0 Å². The highest BCUT2D eigenvalue weighted by Gasteiger charge is 2.52. The van der Waals surface area contributed by atoms with Crippen molar-refractivity contribution in [1.82, 2.24) is 10.2 Å². The standard InChI is InChI=1S/C14H22N2O6/c1-7(17)15-10-6-16-5-4-11(21-8(2)18)12(16)14(13(10)20)22-9(3)19/h10-14,20H,4-6H2,1-3H3,(H,15,17)/t10-,11-,12?,13+,14+/m0/s1. The number of piperidine rings is 1. The molecule has 0 aliphatic carbocycles. The maximum Gasteiger partial charge on any atom is 0.303 e. The summed E-state index contributed by atoms with van der Waals surface area (Å²) in [5, 5.41) is 13.1. The molecule has 0 radical (unpaired) electrons. The summed E-state index contributed by atoms with van der Waals surface area (Å²) < 4.78 is 10.6. The van der Waals surface area contributed by atoms with Gasteiger partial charge in [-0.1, -0.05) is 0 Å². The van der Waals surface area contributed by atoms with E-state index in [1.54, 1.807) is 0 Å². The van der Waals surface area contributed by atoms with Crippen LogP contribution >= 0.6 is 0 Å². The lowest BCUT2D eigenvalue weighted by atomic mass is 9.91. The Morgan fingerprint density at radius 1 is 1.14 bits per heavy atom. The van der Waals surface area contributed by atoms with Crippen molar-refractivity contribution >= 4 is 17.8 Å². The van der Waals surface area contributed by atoms with Crippen LogP contribution in [0.4, 0.5) is 0 Å². The van der Waals surface area contributed by atoms with Gasteiger partial charge in [0.1, 0.15) is 18.3 Å². The number of fused-ring (bicyclic) bond motifs is 1. The highest BCUT2D eigenvalue weighted by molar-refractivity contribution is 5.73. The third-order valence-corrected chi connectivity index (χ3v) is 4.03. The third kappa shape index (κ3) is 3.56. The molecule has 2 N–H and O–H groups in total. The average Bonchev–Trinajstić information content (AvgIpc) is 2.75. The van der Waals surface area contributed by atoms with Crippen molar-refractivity contribution < 1.29 is 29.0 Å². The number of hydrogen-bond donors (Lipinski definition) is 2. The Bertz CT molecular complexity index is 454. The predicted octanol–water partition coefficient (Wildman–Crippen LogP) is -1.20. The van der Waals surface area contributed by atoms with Crippen molar-refractivity contribution in [3.8, 4) is 0 Å². The van der Waals surface area contributed by atoms with Gasteiger partial charge in [0.05, 0.1) is 12.1 Å². The SMILES string of the molecule is CC(=O)N[C@H]1CN2CC[C@H](OC(C)=O)C2[C@@H](OC(C)=O)[C@@H]1O. The van der Waals surface area contributed by atoms with Crippen molar-refractivity contribution in [3.63, 3.8) is 0 Å². The van der Waals surface area contributed by atoms with Gasteiger partial charge in [-0.15, -0.1) is 0 Å². The Balaban J connectivity index is 2.21. The van der Waals surface area contributed by atoms with Crippen molar-refractivity contribution in [3.05, 3.63) is 0 Å². The molecule has 2 aliphatic rings. The molecule has 2 heterocycles. The molecule has 2 fully saturated rings. The molecule has 22 heavy (non-hydrogen) atoms. The summed E-state index contributed by atoms with van der Waals surface area (Å²) in [6.07, 6.45) is -1.74. The first kappa shape index (κ1) is 16.7. The van der Waals surface area contributed by atoms with Gasteiger partial charge in [0.15, 0.2) is 0 Å². The van der Waals surface area contributed by atoms with Gasteiger partial charge in [-0.05, 0) is 6.42 Å². The number of rotatable bonds is 3. The number of carbonyl (C=O) groups excluding carboxylic acids is 3. The maximum absolute atomic E-state index is 11.4. The number of nitrogens with one attached hydrogen (secondary N) is 1. The molecule has 0 spiro atoms. The summed E-state index contributed by atoms with van der Waals surface area (Å²) >= 11 is 0. The number of aliphatic hydroxyl groups excluding tert-OH is 1. The van der Waals surface area contributed by atoms with Crippen LogP contribution in [0.3, 0.4) is 0 Å². The largest absolute Gasteiger partial charge is 0.461 e. The summed E-state index contributed by atoms with van der Waals surface area (Å²) in [6.45, 7) is 5.01. The molecule has 5 atom stereocenters. The summed E-state index contributed by atoms with van der Waals surface area (Å²) in [7, 11) is 0. The molecular formula is C14H22N2O6. The highest BCUT2D eigenvalue weighted by atomic mass is 16.6. The molecule has 0 aromatic rings. The first-order valence-corrected chi connectivity index (χ1v) is 7.33. The Morgan fingerprint density at radius 2 is 1.77 bits per heavy atom. The Hall–Kier alpha value is -1.67. The molecular weight excluding hydrogens is 292 g/mol. The first-order valence-electron chi connectivity index (χ1n) is 7.33. The number of aliphatic hydroxyl groups is 1. The Labute approximate surface area is 128 Å². The second-order valence-electron chi connectivity index (χ2n) is 5.79. The van der Waals surface area contributed by atoms with E-state index in [0.717, 1.165) is 0 Å². The van der Waals surface area contributed by atoms with E-state index in [1.165, 1.54) is 20.8 Å². The van der Waals surface area contributed by atoms with Crippen molar-refractivity contribution in [2.45, 2.75) is 57.6 Å². The van der Waals surface area contributed by atoms with Crippen molar-refractivity contribution in [2.24, 2.45) is 0 Å². The number of hydrogen-bond acceptors (Lipinski definition) is 7. The minimum Gasteiger partial charge on any atom is -0.461 e. The lowest BCUT2D eigenvalue weighted by Gasteiger charge is -2.44. The van der Waals surface area contributed by atoms with Gasteiger partial charge >= 0.3 is 11.9 Å². The molecule has 2 rings (SSSR count). The summed E-state index contributed by atoms with van der Waals surface area (Å²) in [4.78, 5) is 35.8. The first-order chi connectivity index (χ1) is 10.3. The monoisotopic (exact) mass is 314 g/mol. The molecule has 0 aromatic heterocycles. The summed E-state index contributed by atoms with van der Waals surface area (Å²) in [5.74, 6) is -1.20. The molecule has 1 amide bonds. The molecule has 2 saturated heterocycles. The van der Waals surface area contributed by atoms with Gasteiger partial charge < -0.3 is 19.9 Å². The zero-order valence-corrected chi connectivity index (χ0v) is 12.9. The molecule has 8 nitrogen and oxygen atoms in total. The van der Waals surface area contributed by atoms with E-state index in [0.29, 0.717) is 19.5 Å². The minimum absolute atomic E-state index is 0.264. The van der Waals surface area contributed by atoms with Crippen LogP contribution in [0, 0.1) is 0 Å². The normalized spacial score (nSPS) is 34.6. The number of ether oxygens (including phenoxy) is 2. The zero-order valence-electron chi connectivity index (χ0n) is 12.9. The second kappa shape index (κ2) is 6.62. The van der Waals surface area contributed by atoms with E-state index in [2.05, 4.69) is 5.32 Å². The van der Waals surface area contributed by atoms with Crippen LogP contribution in [-0.4, -0.2) is 71.3 Å². The van der Waals surface area contributed by atoms with Gasteiger partial charge in [-0.3, -0.25) is 19.3 Å². The summed E-state index contributed by atoms with van der Waals surface area (Å²) in [6, 6.07) is -0.929. The lowest BCUT2D eigenvalue weighted by molar-refractivity contribution is -0.174. The Kier molecular flexibility index (Phi) is 5.02. The van der Waals surface area contributed by atoms with Gasteiger partial charge in [0.25, 0.3) is 0 Å². The van der Waals surface area contributed by atoms with Crippen molar-refractivity contribution in [2.75, 3.05) is 13.1 Å². The van der Waals surface area contributed by atoms with Gasteiger partial charge in [0.2, 0.25) is 5.91 Å². The van der Waals surface area contributed by atoms with Crippen LogP contribution in [0.15, 0.2) is 0 Å². The fraction of sp³-hybridized carbons (Fsp3) is 0.786. The Morgan fingerprint density at radius 3 is 2.32 bits per heavy atom. The number of amides is 1. The third-order valence-electron chi connectivity index (χ3n) is 4.03. The molecule has 0 bridgehead atoms. The fourth-order valence-electron chi connectivity index (χ4n) is 3.34. The molecule has 8 heteroatoms. The number of esters is 2. The summed E-state index contributed by atoms with van der Waals surface area (Å²) in [5.41, 5.74) is 0. The molecule has 2 aliphatic heterocycles. The van der Waals surface area contributed by atoms with E-state index in [1.807, 2.05) is 4.90 Å². The van der Waals surface area contributed by atoms with Gasteiger partial charge in [-0.2, -0.15) is 0 Å². The van der Waals surface area contributed by atoms with E-state index in [4.69, 9.17) is 9.47 Å². The molecule has 124 valence electrons. The second-order valence-corrected chi connectivity index (χ2v) is 5.79. The maximum atomic E-state index is 11.4.